The molecule has 1 aliphatic rings. The summed E-state index contributed by atoms with van der Waals surface area (Å²) >= 11 is 0. The minimum absolute atomic E-state index is 0.155. The average molecular weight is 354 g/mol. The van der Waals surface area contributed by atoms with E-state index in [1.165, 1.54) is 4.90 Å². The Morgan fingerprint density at radius 1 is 1.04 bits per heavy atom. The maximum atomic E-state index is 12.6. The summed E-state index contributed by atoms with van der Waals surface area (Å²) < 4.78 is 10.5. The largest absolute Gasteiger partial charge is 0.497 e. The number of imide groups is 1. The average Bonchev–Trinajstić information content (AvgIpc) is 2.95. The molecule has 2 amide bonds. The van der Waals surface area contributed by atoms with Crippen molar-refractivity contribution in [2.24, 2.45) is 0 Å². The van der Waals surface area contributed by atoms with Crippen molar-refractivity contribution in [1.82, 2.24) is 5.32 Å². The van der Waals surface area contributed by atoms with Gasteiger partial charge < -0.3 is 14.8 Å². The zero-order valence-corrected chi connectivity index (χ0v) is 14.9. The van der Waals surface area contributed by atoms with E-state index in [2.05, 4.69) is 5.32 Å². The number of rotatable bonds is 7. The van der Waals surface area contributed by atoms with Crippen LogP contribution in [-0.4, -0.2) is 31.6 Å². The van der Waals surface area contributed by atoms with Gasteiger partial charge in [0.05, 0.1) is 31.9 Å². The Hall–Kier alpha value is -2.86. The summed E-state index contributed by atoms with van der Waals surface area (Å²) in [5, 5.41) is 3.17. The van der Waals surface area contributed by atoms with Crippen LogP contribution < -0.4 is 19.7 Å². The summed E-state index contributed by atoms with van der Waals surface area (Å²) in [5.74, 6) is 1.06. The highest BCUT2D eigenvalue weighted by Crippen LogP contribution is 2.25. The second-order valence-corrected chi connectivity index (χ2v) is 5.98. The third-order valence-corrected chi connectivity index (χ3v) is 4.26. The Bertz CT molecular complexity index is 771. The molecule has 1 heterocycles. The van der Waals surface area contributed by atoms with Gasteiger partial charge in [0.25, 0.3) is 5.91 Å². The molecule has 1 atom stereocenters. The van der Waals surface area contributed by atoms with Gasteiger partial charge in [-0.25, -0.2) is 4.90 Å². The topological polar surface area (TPSA) is 67.9 Å². The lowest BCUT2D eigenvalue weighted by Gasteiger charge is -2.16. The fraction of sp³-hybridized carbons (Fsp3) is 0.300. The number of carbonyl (C=O) groups is 2. The number of nitrogens with zero attached hydrogens (tertiary/aromatic N) is 1. The molecule has 2 aromatic rings. The predicted octanol–water partition coefficient (Wildman–Crippen LogP) is 2.52. The molecule has 0 bridgehead atoms. The molecule has 0 unspecified atom stereocenters. The van der Waals surface area contributed by atoms with Crippen LogP contribution in [0.2, 0.25) is 0 Å². The molecule has 0 saturated carbocycles. The smallest absolute Gasteiger partial charge is 0.251 e. The fourth-order valence-corrected chi connectivity index (χ4v) is 2.91. The van der Waals surface area contributed by atoms with Gasteiger partial charge in [-0.1, -0.05) is 12.1 Å². The van der Waals surface area contributed by atoms with Crippen LogP contribution in [0.15, 0.2) is 48.5 Å². The van der Waals surface area contributed by atoms with E-state index in [9.17, 15) is 9.59 Å². The minimum Gasteiger partial charge on any atom is -0.497 e. The van der Waals surface area contributed by atoms with E-state index in [1.807, 2.05) is 31.2 Å². The SMILES string of the molecule is CCOc1ccc(N2C(=O)C[C@@H](NCc3ccc(OC)cc3)C2=O)cc1. The first-order chi connectivity index (χ1) is 12.6. The van der Waals surface area contributed by atoms with Crippen molar-refractivity contribution in [3.05, 3.63) is 54.1 Å². The van der Waals surface area contributed by atoms with Gasteiger partial charge in [0.1, 0.15) is 11.5 Å². The van der Waals surface area contributed by atoms with Crippen LogP contribution in [-0.2, 0) is 16.1 Å². The summed E-state index contributed by atoms with van der Waals surface area (Å²) in [6.45, 7) is 2.98. The molecule has 0 radical (unpaired) electrons. The Morgan fingerprint density at radius 3 is 2.31 bits per heavy atom. The summed E-state index contributed by atoms with van der Waals surface area (Å²) in [7, 11) is 1.62. The van der Waals surface area contributed by atoms with Gasteiger partial charge in [-0.15, -0.1) is 0 Å². The molecule has 0 aromatic heterocycles. The van der Waals surface area contributed by atoms with Crippen LogP contribution in [0.3, 0.4) is 0 Å². The highest BCUT2D eigenvalue weighted by molar-refractivity contribution is 6.22. The molecule has 6 nitrogen and oxygen atoms in total. The zero-order valence-electron chi connectivity index (χ0n) is 14.9. The maximum Gasteiger partial charge on any atom is 0.251 e. The molecule has 0 aliphatic carbocycles. The van der Waals surface area contributed by atoms with Gasteiger partial charge in [-0.3, -0.25) is 9.59 Å². The van der Waals surface area contributed by atoms with Crippen LogP contribution in [0, 0.1) is 0 Å². The quantitative estimate of drug-likeness (QED) is 0.774. The Labute approximate surface area is 152 Å². The molecular formula is C20H22N2O4. The van der Waals surface area contributed by atoms with Gasteiger partial charge in [-0.05, 0) is 48.9 Å². The van der Waals surface area contributed by atoms with E-state index >= 15 is 0 Å². The molecule has 6 heteroatoms. The minimum atomic E-state index is -0.517. The van der Waals surface area contributed by atoms with Crippen LogP contribution in [0.1, 0.15) is 18.9 Å². The monoisotopic (exact) mass is 354 g/mol. The number of nitrogens with one attached hydrogen (secondary N) is 1. The number of amides is 2. The lowest BCUT2D eigenvalue weighted by atomic mass is 10.2. The first kappa shape index (κ1) is 17.9. The molecule has 26 heavy (non-hydrogen) atoms. The van der Waals surface area contributed by atoms with E-state index < -0.39 is 6.04 Å². The molecule has 0 spiro atoms. The van der Waals surface area contributed by atoms with E-state index in [4.69, 9.17) is 9.47 Å². The molecule has 1 fully saturated rings. The van der Waals surface area contributed by atoms with Crippen LogP contribution in [0.5, 0.6) is 11.5 Å². The van der Waals surface area contributed by atoms with Gasteiger partial charge in [0.15, 0.2) is 0 Å². The number of benzene rings is 2. The first-order valence-electron chi connectivity index (χ1n) is 8.58. The highest BCUT2D eigenvalue weighted by atomic mass is 16.5. The zero-order chi connectivity index (χ0) is 18.5. The van der Waals surface area contributed by atoms with Crippen molar-refractivity contribution < 1.29 is 19.1 Å². The Morgan fingerprint density at radius 2 is 1.69 bits per heavy atom. The standard InChI is InChI=1S/C20H22N2O4/c1-3-26-17-10-6-15(7-11-17)22-19(23)12-18(20(22)24)21-13-14-4-8-16(25-2)9-5-14/h4-11,18,21H,3,12-13H2,1-2H3/t18-/m1/s1. The maximum absolute atomic E-state index is 12.6. The molecule has 3 rings (SSSR count). The third kappa shape index (κ3) is 3.86. The second kappa shape index (κ2) is 8.01. The third-order valence-electron chi connectivity index (χ3n) is 4.26. The van der Waals surface area contributed by atoms with E-state index in [-0.39, 0.29) is 18.2 Å². The number of hydrogen-bond donors (Lipinski definition) is 1. The number of anilines is 1. The number of carbonyl (C=O) groups excluding carboxylic acids is 2. The highest BCUT2D eigenvalue weighted by Gasteiger charge is 2.39. The molecule has 2 aromatic carbocycles. The number of methoxy groups -OCH3 is 1. The summed E-state index contributed by atoms with van der Waals surface area (Å²) in [6.07, 6.45) is 0.155. The van der Waals surface area contributed by atoms with E-state index in [0.717, 1.165) is 11.3 Å². The van der Waals surface area contributed by atoms with Gasteiger partial charge in [0.2, 0.25) is 5.91 Å². The first-order valence-corrected chi connectivity index (χ1v) is 8.58. The summed E-state index contributed by atoms with van der Waals surface area (Å²) in [5.41, 5.74) is 1.59. The molecule has 1 aliphatic heterocycles. The Balaban J connectivity index is 1.64. The van der Waals surface area contributed by atoms with Crippen molar-refractivity contribution in [2.45, 2.75) is 25.9 Å². The molecule has 136 valence electrons. The van der Waals surface area contributed by atoms with Crippen molar-refractivity contribution in [1.29, 1.82) is 0 Å². The predicted molar refractivity (Wildman–Crippen MR) is 98.3 cm³/mol. The normalized spacial score (nSPS) is 16.8. The van der Waals surface area contributed by atoms with Crippen LogP contribution in [0.4, 0.5) is 5.69 Å². The van der Waals surface area contributed by atoms with Gasteiger partial charge in [0, 0.05) is 6.54 Å². The Kier molecular flexibility index (Phi) is 5.53. The second-order valence-electron chi connectivity index (χ2n) is 5.98. The summed E-state index contributed by atoms with van der Waals surface area (Å²) in [6, 6.07) is 14.1. The van der Waals surface area contributed by atoms with Crippen molar-refractivity contribution in [2.75, 3.05) is 18.6 Å². The molecular weight excluding hydrogens is 332 g/mol. The fourth-order valence-electron chi connectivity index (χ4n) is 2.91. The van der Waals surface area contributed by atoms with E-state index in [1.54, 1.807) is 31.4 Å². The lowest BCUT2D eigenvalue weighted by molar-refractivity contribution is -0.121. The number of hydrogen-bond acceptors (Lipinski definition) is 5. The van der Waals surface area contributed by atoms with Crippen molar-refractivity contribution in [3.8, 4) is 11.5 Å². The summed E-state index contributed by atoms with van der Waals surface area (Å²) in [4.78, 5) is 26.2. The molecule has 1 saturated heterocycles. The van der Waals surface area contributed by atoms with Gasteiger partial charge in [-0.2, -0.15) is 0 Å². The van der Waals surface area contributed by atoms with Gasteiger partial charge >= 0.3 is 0 Å². The van der Waals surface area contributed by atoms with Crippen LogP contribution >= 0.6 is 0 Å². The van der Waals surface area contributed by atoms with Crippen molar-refractivity contribution >= 4 is 17.5 Å². The number of ether oxygens (including phenoxy) is 2. The molecule has 1 N–H and O–H groups in total. The van der Waals surface area contributed by atoms with E-state index in [0.29, 0.717) is 24.6 Å². The lowest BCUT2D eigenvalue weighted by Crippen LogP contribution is -2.38. The van der Waals surface area contributed by atoms with Crippen molar-refractivity contribution in [3.63, 3.8) is 0 Å². The van der Waals surface area contributed by atoms with Crippen LogP contribution in [0.25, 0.3) is 0 Å².